The predicted octanol–water partition coefficient (Wildman–Crippen LogP) is 13.4. The van der Waals surface area contributed by atoms with Crippen molar-refractivity contribution in [1.29, 1.82) is 0 Å². The van der Waals surface area contributed by atoms with E-state index in [1.54, 1.807) is 7.11 Å². The van der Waals surface area contributed by atoms with Crippen LogP contribution in [0, 0.1) is 88.8 Å². The van der Waals surface area contributed by atoms with Gasteiger partial charge in [-0.1, -0.05) is 152 Å². The van der Waals surface area contributed by atoms with Crippen molar-refractivity contribution in [1.82, 2.24) is 0 Å². The number of hydrogen-bond acceptors (Lipinski definition) is 14. The van der Waals surface area contributed by atoms with Gasteiger partial charge in [0.1, 0.15) is 0 Å². The van der Waals surface area contributed by atoms with Gasteiger partial charge in [-0.3, -0.25) is 0 Å². The molecule has 0 aromatic rings. The Morgan fingerprint density at radius 3 is 0.557 bits per heavy atom. The van der Waals surface area contributed by atoms with Gasteiger partial charge in [-0.25, -0.2) is 0 Å². The van der Waals surface area contributed by atoms with Crippen LogP contribution in [0.25, 0.3) is 0 Å². The van der Waals surface area contributed by atoms with Crippen LogP contribution in [0.15, 0.2) is 0 Å². The molecule has 0 amide bonds. The van der Waals surface area contributed by atoms with Crippen LogP contribution in [0.5, 0.6) is 0 Å². The van der Waals surface area contributed by atoms with Crippen molar-refractivity contribution in [2.24, 2.45) is 88.8 Å². The molecule has 7 rings (SSSR count). The Morgan fingerprint density at radius 1 is 0.203 bits per heavy atom. The number of rotatable bonds is 20. The fraction of sp³-hybridized carbons (Fsp3) is 1.00. The highest BCUT2D eigenvalue weighted by molar-refractivity contribution is 4.96. The molecule has 7 fully saturated rings. The average Bonchev–Trinajstić information content (AvgIpc) is 3.48. The second-order valence-corrected chi connectivity index (χ2v) is 26.9. The summed E-state index contributed by atoms with van der Waals surface area (Å²) in [6.45, 7) is 49.4. The maximum Gasteiger partial charge on any atom is 0.161 e. The van der Waals surface area contributed by atoms with Gasteiger partial charge in [0.05, 0.1) is 79.4 Å². The highest BCUT2D eigenvalue weighted by Crippen LogP contribution is 2.47. The van der Waals surface area contributed by atoms with Crippen LogP contribution in [0.1, 0.15) is 197 Å². The molecule has 0 saturated carbocycles. The summed E-state index contributed by atoms with van der Waals surface area (Å²) < 4.78 is 96.1. The van der Waals surface area contributed by atoms with Gasteiger partial charge in [0.2, 0.25) is 0 Å². The van der Waals surface area contributed by atoms with Gasteiger partial charge in [-0.15, -0.1) is 0 Å². The Morgan fingerprint density at radius 2 is 0.367 bits per heavy atom. The van der Waals surface area contributed by atoms with Crippen LogP contribution in [-0.2, 0) is 66.3 Å². The topological polar surface area (TPSA) is 129 Å². The third-order valence-electron chi connectivity index (χ3n) is 22.5. The smallest absolute Gasteiger partial charge is 0.161 e. The molecule has 0 N–H and O–H groups in total. The van der Waals surface area contributed by atoms with Crippen molar-refractivity contribution in [3.05, 3.63) is 0 Å². The molecule has 0 aliphatic carbocycles. The first-order valence-corrected chi connectivity index (χ1v) is 32.6. The summed E-state index contributed by atoms with van der Waals surface area (Å²) in [6.07, 6.45) is 1.92. The molecular weight excluding hydrogens is 1000 g/mol. The standard InChI is InChI=1S/C65H118O14/c1-24-46-32(9)31(8)39(16)60(67-46)74-54-34(11)41(18)62(69-48(54)26-3)76-56-36(13)43(20)64(71-50(56)28-5)78-58-38(15)45(22)65(73-52(58)30-7)79-57-37(14)44(21)63(72-51(57)29-6)77-55-35(12)42(19)61(70-49(55)27-4)75-53-33(10)40(17)59(66-23)68-47(53)25-2/h31-65H,24-30H2,1-23H3. The lowest BCUT2D eigenvalue weighted by molar-refractivity contribution is -0.370. The Labute approximate surface area is 481 Å². The van der Waals surface area contributed by atoms with E-state index in [2.05, 4.69) is 152 Å². The second-order valence-electron chi connectivity index (χ2n) is 26.9. The summed E-state index contributed by atoms with van der Waals surface area (Å²) in [5.74, 6) is 2.95. The lowest BCUT2D eigenvalue weighted by Crippen LogP contribution is -2.60. The van der Waals surface area contributed by atoms with Crippen LogP contribution < -0.4 is 0 Å². The van der Waals surface area contributed by atoms with Gasteiger partial charge < -0.3 is 66.3 Å². The Balaban J connectivity index is 0.946. The molecule has 0 aromatic carbocycles. The van der Waals surface area contributed by atoms with Crippen molar-refractivity contribution in [2.45, 2.75) is 321 Å². The van der Waals surface area contributed by atoms with E-state index in [0.717, 1.165) is 44.9 Å². The second kappa shape index (κ2) is 28.8. The van der Waals surface area contributed by atoms with Crippen molar-refractivity contribution < 1.29 is 66.3 Å². The van der Waals surface area contributed by atoms with Crippen LogP contribution >= 0.6 is 0 Å². The highest BCUT2D eigenvalue weighted by atomic mass is 16.8. The summed E-state index contributed by atoms with van der Waals surface area (Å²) in [5, 5.41) is 0. The summed E-state index contributed by atoms with van der Waals surface area (Å²) in [4.78, 5) is 0. The first-order valence-electron chi connectivity index (χ1n) is 32.6. The van der Waals surface area contributed by atoms with E-state index in [9.17, 15) is 0 Å². The summed E-state index contributed by atoms with van der Waals surface area (Å²) in [7, 11) is 1.73. The lowest BCUT2D eigenvalue weighted by Gasteiger charge is -2.53. The lowest BCUT2D eigenvalue weighted by atomic mass is 9.78. The van der Waals surface area contributed by atoms with Crippen LogP contribution in [-0.4, -0.2) is 130 Å². The van der Waals surface area contributed by atoms with Gasteiger partial charge in [0.25, 0.3) is 0 Å². The number of ether oxygens (including phenoxy) is 14. The third-order valence-corrected chi connectivity index (χ3v) is 22.5. The molecular formula is C65H118O14. The molecule has 0 radical (unpaired) electrons. The fourth-order valence-electron chi connectivity index (χ4n) is 14.9. The molecule has 0 aromatic heterocycles. The molecule has 7 saturated heterocycles. The summed E-state index contributed by atoms with van der Waals surface area (Å²) in [6, 6.07) is 0. The first kappa shape index (κ1) is 66.0. The minimum atomic E-state index is -0.419. The maximum absolute atomic E-state index is 7.19. The number of methoxy groups -OCH3 is 1. The highest BCUT2D eigenvalue weighted by Gasteiger charge is 2.55. The summed E-state index contributed by atoms with van der Waals surface area (Å²) >= 11 is 0. The van der Waals surface area contributed by atoms with Gasteiger partial charge in [0.15, 0.2) is 44.0 Å². The van der Waals surface area contributed by atoms with Crippen LogP contribution in [0.4, 0.5) is 0 Å². The fourth-order valence-corrected chi connectivity index (χ4v) is 14.9. The van der Waals surface area contributed by atoms with E-state index in [4.69, 9.17) is 66.3 Å². The molecule has 14 nitrogen and oxygen atoms in total. The number of hydrogen-bond donors (Lipinski definition) is 0. The molecule has 7 aliphatic heterocycles. The van der Waals surface area contributed by atoms with E-state index in [1.807, 2.05) is 0 Å². The Bertz CT molecular complexity index is 1800. The average molecular weight is 1120 g/mol. The van der Waals surface area contributed by atoms with Crippen molar-refractivity contribution >= 4 is 0 Å². The van der Waals surface area contributed by atoms with Crippen molar-refractivity contribution in [3.8, 4) is 0 Å². The van der Waals surface area contributed by atoms with E-state index in [-0.39, 0.29) is 176 Å². The zero-order chi connectivity index (χ0) is 58.1. The van der Waals surface area contributed by atoms with Crippen molar-refractivity contribution in [3.63, 3.8) is 0 Å². The predicted molar refractivity (Wildman–Crippen MR) is 306 cm³/mol. The van der Waals surface area contributed by atoms with Crippen LogP contribution in [0.3, 0.4) is 0 Å². The van der Waals surface area contributed by atoms with E-state index in [1.165, 1.54) is 0 Å². The van der Waals surface area contributed by atoms with Gasteiger partial charge in [0, 0.05) is 48.5 Å². The normalized spacial score (nSPS) is 53.0. The molecule has 35 atom stereocenters. The zero-order valence-corrected chi connectivity index (χ0v) is 53.9. The molecule has 7 aliphatic rings. The molecule has 0 bridgehead atoms. The SMILES string of the molecule is CCC1OC(OC2C(CC)OC(OC3C(CC)OC(OC4C(CC)OC(OC5C(CC)OC(OC6C(CC)OC(OC7C(CC)OC(OC)C(C)C7C)C(C)C6C)C(C)C5C)C(C)C4C)C(C)C3C)C(C)C2C)C(C)C(C)C1C. The van der Waals surface area contributed by atoms with Crippen LogP contribution in [0.2, 0.25) is 0 Å². The quantitative estimate of drug-likeness (QED) is 0.115. The third kappa shape index (κ3) is 13.7. The minimum Gasteiger partial charge on any atom is -0.356 e. The molecule has 79 heavy (non-hydrogen) atoms. The Hall–Kier alpha value is -0.560. The Kier molecular flexibility index (Phi) is 24.0. The van der Waals surface area contributed by atoms with E-state index >= 15 is 0 Å². The molecule has 35 unspecified atom stereocenters. The molecule has 14 heteroatoms. The molecule has 0 spiro atoms. The summed E-state index contributed by atoms with van der Waals surface area (Å²) in [5.41, 5.74) is 0. The van der Waals surface area contributed by atoms with Gasteiger partial charge >= 0.3 is 0 Å². The zero-order valence-electron chi connectivity index (χ0n) is 53.9. The monoisotopic (exact) mass is 1120 g/mol. The maximum atomic E-state index is 7.19. The van der Waals surface area contributed by atoms with Crippen molar-refractivity contribution in [2.75, 3.05) is 7.11 Å². The molecule has 462 valence electrons. The van der Waals surface area contributed by atoms with Gasteiger partial charge in [-0.05, 0) is 92.3 Å². The minimum absolute atomic E-state index is 0.0536. The van der Waals surface area contributed by atoms with Gasteiger partial charge in [-0.2, -0.15) is 0 Å². The first-order chi connectivity index (χ1) is 37.5. The largest absolute Gasteiger partial charge is 0.356 e. The molecule has 7 heterocycles. The van der Waals surface area contributed by atoms with E-state index in [0.29, 0.717) is 17.8 Å². The van der Waals surface area contributed by atoms with E-state index < -0.39 is 18.9 Å².